The van der Waals surface area contributed by atoms with Crippen molar-refractivity contribution >= 4 is 5.97 Å². The fraction of sp³-hybridized carbons (Fsp3) is 0.200. The number of carboxylic acids is 1. The number of aliphatic carboxylic acids is 1. The summed E-state index contributed by atoms with van der Waals surface area (Å²) in [4.78, 5) is 10.3. The third-order valence-corrected chi connectivity index (χ3v) is 1.66. The van der Waals surface area contributed by atoms with Crippen molar-refractivity contribution in [2.75, 3.05) is 13.7 Å². The zero-order valence-electron chi connectivity index (χ0n) is 8.06. The fourth-order valence-electron chi connectivity index (χ4n) is 0.989. The first kappa shape index (κ1) is 10.9. The SMILES string of the molecule is COc1ccc(OCC(=O)O)c(C#N)c1. The summed E-state index contributed by atoms with van der Waals surface area (Å²) in [5.41, 5.74) is 0.246. The lowest BCUT2D eigenvalue weighted by molar-refractivity contribution is -0.139. The molecule has 0 spiro atoms. The Balaban J connectivity index is 2.89. The molecule has 0 fully saturated rings. The van der Waals surface area contributed by atoms with E-state index in [1.807, 2.05) is 6.07 Å². The molecule has 0 aliphatic carbocycles. The highest BCUT2D eigenvalue weighted by molar-refractivity contribution is 5.68. The van der Waals surface area contributed by atoms with E-state index >= 15 is 0 Å². The van der Waals surface area contributed by atoms with Crippen molar-refractivity contribution < 1.29 is 19.4 Å². The number of carbonyl (C=O) groups is 1. The van der Waals surface area contributed by atoms with Gasteiger partial charge in [0.1, 0.15) is 17.6 Å². The minimum Gasteiger partial charge on any atom is -0.497 e. The van der Waals surface area contributed by atoms with Crippen LogP contribution >= 0.6 is 0 Å². The van der Waals surface area contributed by atoms with E-state index in [-0.39, 0.29) is 11.3 Å². The van der Waals surface area contributed by atoms with E-state index in [4.69, 9.17) is 19.8 Å². The topological polar surface area (TPSA) is 79.6 Å². The van der Waals surface area contributed by atoms with Gasteiger partial charge in [0.05, 0.1) is 12.7 Å². The van der Waals surface area contributed by atoms with Gasteiger partial charge < -0.3 is 14.6 Å². The van der Waals surface area contributed by atoms with Gasteiger partial charge in [-0.25, -0.2) is 4.79 Å². The number of methoxy groups -OCH3 is 1. The molecule has 15 heavy (non-hydrogen) atoms. The normalized spacial score (nSPS) is 9.07. The van der Waals surface area contributed by atoms with E-state index < -0.39 is 12.6 Å². The lowest BCUT2D eigenvalue weighted by Crippen LogP contribution is -2.10. The van der Waals surface area contributed by atoms with E-state index in [1.54, 1.807) is 6.07 Å². The molecule has 0 radical (unpaired) electrons. The van der Waals surface area contributed by atoms with Crippen LogP contribution < -0.4 is 9.47 Å². The minimum atomic E-state index is -1.09. The number of nitriles is 1. The molecule has 0 aliphatic rings. The van der Waals surface area contributed by atoms with Crippen LogP contribution in [0.3, 0.4) is 0 Å². The van der Waals surface area contributed by atoms with Gasteiger partial charge in [0, 0.05) is 6.07 Å². The molecule has 0 bridgehead atoms. The second kappa shape index (κ2) is 4.86. The Kier molecular flexibility index (Phi) is 3.52. The first-order valence-corrected chi connectivity index (χ1v) is 4.10. The van der Waals surface area contributed by atoms with Gasteiger partial charge in [-0.1, -0.05) is 0 Å². The summed E-state index contributed by atoms with van der Waals surface area (Å²) in [7, 11) is 1.48. The quantitative estimate of drug-likeness (QED) is 0.797. The monoisotopic (exact) mass is 207 g/mol. The molecule has 5 heteroatoms. The van der Waals surface area contributed by atoms with Crippen molar-refractivity contribution in [1.82, 2.24) is 0 Å². The van der Waals surface area contributed by atoms with E-state index in [0.717, 1.165) is 0 Å². The van der Waals surface area contributed by atoms with Crippen LogP contribution in [0.1, 0.15) is 5.56 Å². The average Bonchev–Trinajstić information content (AvgIpc) is 2.25. The largest absolute Gasteiger partial charge is 0.497 e. The number of nitrogens with zero attached hydrogens (tertiary/aromatic N) is 1. The van der Waals surface area contributed by atoms with Crippen LogP contribution in [0.2, 0.25) is 0 Å². The summed E-state index contributed by atoms with van der Waals surface area (Å²) < 4.78 is 9.83. The smallest absolute Gasteiger partial charge is 0.341 e. The van der Waals surface area contributed by atoms with Gasteiger partial charge in [-0.3, -0.25) is 0 Å². The van der Waals surface area contributed by atoms with Crippen molar-refractivity contribution in [2.24, 2.45) is 0 Å². The van der Waals surface area contributed by atoms with Gasteiger partial charge in [-0.2, -0.15) is 5.26 Å². The number of ether oxygens (including phenoxy) is 2. The van der Waals surface area contributed by atoms with Gasteiger partial charge in [-0.15, -0.1) is 0 Å². The second-order valence-corrected chi connectivity index (χ2v) is 2.66. The molecule has 1 aromatic rings. The van der Waals surface area contributed by atoms with Gasteiger partial charge in [0.2, 0.25) is 0 Å². The van der Waals surface area contributed by atoms with E-state index in [9.17, 15) is 4.79 Å². The fourth-order valence-corrected chi connectivity index (χ4v) is 0.989. The molecule has 0 aromatic heterocycles. The Labute approximate surface area is 86.5 Å². The first-order chi connectivity index (χ1) is 7.17. The van der Waals surface area contributed by atoms with Crippen molar-refractivity contribution in [1.29, 1.82) is 5.26 Å². The number of carboxylic acid groups (broad SMARTS) is 1. The highest BCUT2D eigenvalue weighted by atomic mass is 16.5. The van der Waals surface area contributed by atoms with Crippen LogP contribution in [0.15, 0.2) is 18.2 Å². The molecule has 0 saturated heterocycles. The molecular formula is C10H9NO4. The molecule has 1 aromatic carbocycles. The molecule has 5 nitrogen and oxygen atoms in total. The molecule has 0 saturated carbocycles. The number of hydrogen-bond acceptors (Lipinski definition) is 4. The zero-order valence-corrected chi connectivity index (χ0v) is 8.06. The summed E-state index contributed by atoms with van der Waals surface area (Å²) in [6.07, 6.45) is 0. The predicted octanol–water partition coefficient (Wildman–Crippen LogP) is 1.03. The zero-order chi connectivity index (χ0) is 11.3. The molecule has 0 unspecified atom stereocenters. The van der Waals surface area contributed by atoms with Crippen LogP contribution in [0.4, 0.5) is 0 Å². The van der Waals surface area contributed by atoms with Gasteiger partial charge in [-0.05, 0) is 12.1 Å². The predicted molar refractivity (Wildman–Crippen MR) is 50.8 cm³/mol. The van der Waals surface area contributed by atoms with E-state index in [2.05, 4.69) is 0 Å². The first-order valence-electron chi connectivity index (χ1n) is 4.10. The Hall–Kier alpha value is -2.22. The van der Waals surface area contributed by atoms with Crippen LogP contribution in [-0.4, -0.2) is 24.8 Å². The average molecular weight is 207 g/mol. The molecule has 0 atom stereocenters. The highest BCUT2D eigenvalue weighted by Crippen LogP contribution is 2.23. The summed E-state index contributed by atoms with van der Waals surface area (Å²) in [5, 5.41) is 17.2. The molecule has 78 valence electrons. The van der Waals surface area contributed by atoms with E-state index in [0.29, 0.717) is 5.75 Å². The lowest BCUT2D eigenvalue weighted by Gasteiger charge is -2.06. The lowest BCUT2D eigenvalue weighted by atomic mass is 10.2. The Bertz CT molecular complexity index is 408. The van der Waals surface area contributed by atoms with Crippen LogP contribution in [0, 0.1) is 11.3 Å². The molecule has 1 rings (SSSR count). The van der Waals surface area contributed by atoms with Crippen molar-refractivity contribution in [3.8, 4) is 17.6 Å². The Morgan fingerprint density at radius 3 is 2.87 bits per heavy atom. The third kappa shape index (κ3) is 2.88. The summed E-state index contributed by atoms with van der Waals surface area (Å²) in [5.74, 6) is -0.329. The summed E-state index contributed by atoms with van der Waals surface area (Å²) >= 11 is 0. The molecular weight excluding hydrogens is 198 g/mol. The van der Waals surface area contributed by atoms with Gasteiger partial charge in [0.25, 0.3) is 0 Å². The van der Waals surface area contributed by atoms with Crippen LogP contribution in [0.5, 0.6) is 11.5 Å². The number of rotatable bonds is 4. The molecule has 0 aliphatic heterocycles. The van der Waals surface area contributed by atoms with Crippen molar-refractivity contribution in [2.45, 2.75) is 0 Å². The van der Waals surface area contributed by atoms with Crippen LogP contribution in [-0.2, 0) is 4.79 Å². The highest BCUT2D eigenvalue weighted by Gasteiger charge is 2.06. The third-order valence-electron chi connectivity index (χ3n) is 1.66. The second-order valence-electron chi connectivity index (χ2n) is 2.66. The minimum absolute atomic E-state index is 0.237. The maximum Gasteiger partial charge on any atom is 0.341 e. The van der Waals surface area contributed by atoms with Crippen molar-refractivity contribution in [3.63, 3.8) is 0 Å². The van der Waals surface area contributed by atoms with Gasteiger partial charge in [0.15, 0.2) is 6.61 Å². The maximum absolute atomic E-state index is 10.3. The standard InChI is InChI=1S/C10H9NO4/c1-14-8-2-3-9(7(4-8)5-11)15-6-10(12)13/h2-4H,6H2,1H3,(H,12,13). The van der Waals surface area contributed by atoms with E-state index in [1.165, 1.54) is 19.2 Å². The van der Waals surface area contributed by atoms with Crippen LogP contribution in [0.25, 0.3) is 0 Å². The number of benzene rings is 1. The van der Waals surface area contributed by atoms with Crippen molar-refractivity contribution in [3.05, 3.63) is 23.8 Å². The Morgan fingerprint density at radius 2 is 2.33 bits per heavy atom. The van der Waals surface area contributed by atoms with Gasteiger partial charge >= 0.3 is 5.97 Å². The molecule has 0 amide bonds. The summed E-state index contributed by atoms with van der Waals surface area (Å²) in [6.45, 7) is -0.471. The maximum atomic E-state index is 10.3. The Morgan fingerprint density at radius 1 is 1.60 bits per heavy atom. The molecule has 0 heterocycles. The molecule has 1 N–H and O–H groups in total. The summed E-state index contributed by atoms with van der Waals surface area (Å²) in [6, 6.07) is 6.47. The number of hydrogen-bond donors (Lipinski definition) is 1.